The molecule has 1 atom stereocenters. The number of rotatable bonds is 2. The van der Waals surface area contributed by atoms with Gasteiger partial charge in [-0.25, -0.2) is 8.78 Å². The second-order valence-electron chi connectivity index (χ2n) is 5.05. The van der Waals surface area contributed by atoms with Crippen LogP contribution in [-0.2, 0) is 0 Å². The van der Waals surface area contributed by atoms with E-state index < -0.39 is 19.7 Å². The van der Waals surface area contributed by atoms with Crippen molar-refractivity contribution in [1.82, 2.24) is 0 Å². The Labute approximate surface area is 95.7 Å². The molecule has 0 saturated carbocycles. The summed E-state index contributed by atoms with van der Waals surface area (Å²) in [5, 5.41) is 8.60. The Morgan fingerprint density at radius 2 is 1.62 bits per heavy atom. The van der Waals surface area contributed by atoms with E-state index in [1.54, 1.807) is 6.07 Å². The van der Waals surface area contributed by atoms with Gasteiger partial charge in [0.2, 0.25) is 0 Å². The van der Waals surface area contributed by atoms with Crippen LogP contribution in [0.25, 0.3) is 0 Å². The van der Waals surface area contributed by atoms with Gasteiger partial charge in [0.05, 0.1) is 19.7 Å². The van der Waals surface area contributed by atoms with Gasteiger partial charge in [-0.05, 0) is 17.7 Å². The number of nitrogens with zero attached hydrogens (tertiary/aromatic N) is 1. The van der Waals surface area contributed by atoms with E-state index in [4.69, 9.17) is 5.26 Å². The fraction of sp³-hybridized carbons (Fsp3) is 0.417. The van der Waals surface area contributed by atoms with Crippen LogP contribution in [0.3, 0.4) is 0 Å². The lowest BCUT2D eigenvalue weighted by Crippen LogP contribution is -2.30. The Kier molecular flexibility index (Phi) is 3.49. The zero-order chi connectivity index (χ0) is 12.5. The summed E-state index contributed by atoms with van der Waals surface area (Å²) < 4.78 is 27.4. The number of benzene rings is 1. The van der Waals surface area contributed by atoms with Gasteiger partial charge in [-0.15, -0.1) is 0 Å². The highest BCUT2D eigenvalue weighted by Gasteiger charge is 2.29. The fourth-order valence-corrected chi connectivity index (χ4v) is 2.64. The van der Waals surface area contributed by atoms with E-state index in [0.717, 1.165) is 12.1 Å². The average molecular weight is 239 g/mol. The van der Waals surface area contributed by atoms with Crippen LogP contribution in [0.5, 0.6) is 0 Å². The van der Waals surface area contributed by atoms with E-state index in [0.29, 0.717) is 0 Å². The molecule has 0 N–H and O–H groups in total. The molecule has 0 aliphatic rings. The predicted octanol–water partition coefficient (Wildman–Crippen LogP) is 3.82. The predicted molar refractivity (Wildman–Crippen MR) is 62.8 cm³/mol. The highest BCUT2D eigenvalue weighted by Crippen LogP contribution is 2.30. The van der Waals surface area contributed by atoms with Crippen molar-refractivity contribution in [2.75, 3.05) is 0 Å². The van der Waals surface area contributed by atoms with E-state index in [1.807, 2.05) is 6.92 Å². The summed E-state index contributed by atoms with van der Waals surface area (Å²) >= 11 is 0. The molecule has 0 heterocycles. The lowest BCUT2D eigenvalue weighted by atomic mass is 10.1. The van der Waals surface area contributed by atoms with E-state index in [9.17, 15) is 8.78 Å². The van der Waals surface area contributed by atoms with Crippen LogP contribution in [0.4, 0.5) is 8.78 Å². The fourth-order valence-electron chi connectivity index (χ4n) is 1.50. The van der Waals surface area contributed by atoms with E-state index in [-0.39, 0.29) is 16.7 Å². The molecule has 1 aromatic rings. The minimum absolute atomic E-state index is 0.0292. The van der Waals surface area contributed by atoms with Crippen LogP contribution in [-0.4, -0.2) is 8.07 Å². The molecule has 0 aromatic heterocycles. The quantitative estimate of drug-likeness (QED) is 0.720. The van der Waals surface area contributed by atoms with Gasteiger partial charge in [0.1, 0.15) is 11.6 Å². The molecule has 0 fully saturated rings. The first-order valence-corrected chi connectivity index (χ1v) is 8.74. The maximum Gasteiger partial charge on any atom is 0.130 e. The van der Waals surface area contributed by atoms with Crippen molar-refractivity contribution in [1.29, 1.82) is 5.26 Å². The number of halogens is 2. The van der Waals surface area contributed by atoms with Gasteiger partial charge in [0.25, 0.3) is 0 Å². The van der Waals surface area contributed by atoms with E-state index in [1.165, 1.54) is 0 Å². The third-order valence-electron chi connectivity index (χ3n) is 2.94. The van der Waals surface area contributed by atoms with Crippen molar-refractivity contribution in [3.63, 3.8) is 0 Å². The van der Waals surface area contributed by atoms with Crippen LogP contribution in [0.2, 0.25) is 19.6 Å². The van der Waals surface area contributed by atoms with Crippen LogP contribution in [0, 0.1) is 23.0 Å². The summed E-state index contributed by atoms with van der Waals surface area (Å²) in [6, 6.07) is 3.96. The molecule has 0 saturated heterocycles. The molecular weight excluding hydrogens is 224 g/mol. The first-order valence-electron chi connectivity index (χ1n) is 5.16. The van der Waals surface area contributed by atoms with Crippen LogP contribution >= 0.6 is 0 Å². The topological polar surface area (TPSA) is 23.8 Å². The third kappa shape index (κ3) is 2.48. The summed E-state index contributed by atoms with van der Waals surface area (Å²) in [5.41, 5.74) is 0.0416. The molecule has 0 aliphatic carbocycles. The SMILES string of the molecule is CC(c1c(F)cc(C#N)cc1F)[Si](C)(C)C. The maximum atomic E-state index is 13.7. The summed E-state index contributed by atoms with van der Waals surface area (Å²) in [7, 11) is -1.65. The average Bonchev–Trinajstić information content (AvgIpc) is 2.14. The monoisotopic (exact) mass is 239 g/mol. The van der Waals surface area contributed by atoms with Gasteiger partial charge < -0.3 is 0 Å². The van der Waals surface area contributed by atoms with Crippen LogP contribution in [0.1, 0.15) is 23.6 Å². The molecule has 86 valence electrons. The number of nitriles is 1. The normalized spacial score (nSPS) is 13.3. The minimum Gasteiger partial charge on any atom is -0.207 e. The molecule has 1 aromatic carbocycles. The van der Waals surface area contributed by atoms with Gasteiger partial charge in [-0.2, -0.15) is 5.26 Å². The van der Waals surface area contributed by atoms with Gasteiger partial charge >= 0.3 is 0 Å². The van der Waals surface area contributed by atoms with Gasteiger partial charge in [0, 0.05) is 5.56 Å². The van der Waals surface area contributed by atoms with Crippen molar-refractivity contribution < 1.29 is 8.78 Å². The van der Waals surface area contributed by atoms with Gasteiger partial charge in [-0.1, -0.05) is 26.6 Å². The van der Waals surface area contributed by atoms with E-state index in [2.05, 4.69) is 19.6 Å². The summed E-state index contributed by atoms with van der Waals surface area (Å²) in [5.74, 6) is -1.21. The number of hydrogen-bond acceptors (Lipinski definition) is 1. The van der Waals surface area contributed by atoms with Crippen molar-refractivity contribution in [3.8, 4) is 6.07 Å². The second kappa shape index (κ2) is 4.34. The molecule has 0 aliphatic heterocycles. The Morgan fingerprint density at radius 1 is 1.19 bits per heavy atom. The molecular formula is C12H15F2NSi. The van der Waals surface area contributed by atoms with Gasteiger partial charge in [0.15, 0.2) is 0 Å². The zero-order valence-electron chi connectivity index (χ0n) is 9.94. The van der Waals surface area contributed by atoms with Crippen molar-refractivity contribution >= 4 is 8.07 Å². The largest absolute Gasteiger partial charge is 0.207 e. The summed E-state index contributed by atoms with van der Waals surface area (Å²) in [4.78, 5) is 0. The van der Waals surface area contributed by atoms with Crippen molar-refractivity contribution in [3.05, 3.63) is 34.9 Å². The Morgan fingerprint density at radius 3 is 1.94 bits per heavy atom. The molecule has 1 unspecified atom stereocenters. The lowest BCUT2D eigenvalue weighted by Gasteiger charge is -2.26. The summed E-state index contributed by atoms with van der Waals surface area (Å²) in [6.07, 6.45) is 0. The first-order chi connectivity index (χ1) is 7.27. The Bertz CT molecular complexity index is 420. The minimum atomic E-state index is -1.65. The molecule has 0 bridgehead atoms. The van der Waals surface area contributed by atoms with Crippen molar-refractivity contribution in [2.24, 2.45) is 0 Å². The lowest BCUT2D eigenvalue weighted by molar-refractivity contribution is 0.553. The molecule has 0 radical (unpaired) electrons. The molecule has 0 spiro atoms. The smallest absolute Gasteiger partial charge is 0.130 e. The van der Waals surface area contributed by atoms with Crippen molar-refractivity contribution in [2.45, 2.75) is 32.1 Å². The zero-order valence-corrected chi connectivity index (χ0v) is 10.9. The Balaban J connectivity index is 3.32. The standard InChI is InChI=1S/C12H15F2NSi/c1-8(16(2,3)4)12-10(13)5-9(7-15)6-11(12)14/h5-6,8H,1-4H3. The summed E-state index contributed by atoms with van der Waals surface area (Å²) in [6.45, 7) is 8.04. The molecule has 0 amide bonds. The second-order valence-corrected chi connectivity index (χ2v) is 10.7. The third-order valence-corrected chi connectivity index (χ3v) is 5.83. The van der Waals surface area contributed by atoms with Crippen LogP contribution in [0.15, 0.2) is 12.1 Å². The number of hydrogen-bond donors (Lipinski definition) is 0. The Hall–Kier alpha value is -1.21. The molecule has 16 heavy (non-hydrogen) atoms. The molecule has 4 heteroatoms. The molecule has 1 nitrogen and oxygen atoms in total. The van der Waals surface area contributed by atoms with Gasteiger partial charge in [-0.3, -0.25) is 0 Å². The van der Waals surface area contributed by atoms with Crippen LogP contribution < -0.4 is 0 Å². The molecule has 1 rings (SSSR count). The highest BCUT2D eigenvalue weighted by molar-refractivity contribution is 6.77. The highest BCUT2D eigenvalue weighted by atomic mass is 28.3. The first kappa shape index (κ1) is 12.9. The van der Waals surface area contributed by atoms with E-state index >= 15 is 0 Å². The maximum absolute atomic E-state index is 13.7.